The monoisotopic (exact) mass is 169 g/mol. The Morgan fingerprint density at radius 1 is 1.33 bits per heavy atom. The van der Waals surface area contributed by atoms with Gasteiger partial charge in [0.25, 0.3) is 0 Å². The highest BCUT2D eigenvalue weighted by Crippen LogP contribution is 2.32. The lowest BCUT2D eigenvalue weighted by molar-refractivity contribution is -0.0341. The lowest BCUT2D eigenvalue weighted by Crippen LogP contribution is -2.59. The van der Waals surface area contributed by atoms with E-state index in [4.69, 9.17) is 10.5 Å². The van der Waals surface area contributed by atoms with Crippen molar-refractivity contribution in [1.82, 2.24) is 0 Å². The van der Waals surface area contributed by atoms with Gasteiger partial charge in [-0.05, 0) is 18.9 Å². The van der Waals surface area contributed by atoms with Crippen molar-refractivity contribution in [3.05, 3.63) is 23.6 Å². The predicted molar refractivity (Wildman–Crippen MR) is 44.2 cm³/mol. The van der Waals surface area contributed by atoms with Crippen LogP contribution in [-0.2, 0) is 4.74 Å². The van der Waals surface area contributed by atoms with Gasteiger partial charge in [0.2, 0.25) is 0 Å². The van der Waals surface area contributed by atoms with Crippen molar-refractivity contribution in [2.24, 2.45) is 5.73 Å². The molecule has 1 aliphatic carbocycles. The smallest absolute Gasteiger partial charge is 0.124 e. The highest BCUT2D eigenvalue weighted by atomic mass is 19.1. The lowest BCUT2D eigenvalue weighted by atomic mass is 9.85. The molecular formula is C9H12FNO. The van der Waals surface area contributed by atoms with Crippen LogP contribution in [0.5, 0.6) is 0 Å². The van der Waals surface area contributed by atoms with Crippen LogP contribution >= 0.6 is 0 Å². The van der Waals surface area contributed by atoms with E-state index in [9.17, 15) is 4.39 Å². The zero-order valence-electron chi connectivity index (χ0n) is 6.85. The lowest BCUT2D eigenvalue weighted by Gasteiger charge is -2.40. The Kier molecular flexibility index (Phi) is 1.77. The molecule has 0 bridgehead atoms. The first-order valence-corrected chi connectivity index (χ1v) is 4.16. The summed E-state index contributed by atoms with van der Waals surface area (Å²) in [4.78, 5) is 0. The van der Waals surface area contributed by atoms with Gasteiger partial charge in [0, 0.05) is 5.57 Å². The van der Waals surface area contributed by atoms with Gasteiger partial charge < -0.3 is 10.5 Å². The summed E-state index contributed by atoms with van der Waals surface area (Å²) in [7, 11) is 0. The summed E-state index contributed by atoms with van der Waals surface area (Å²) >= 11 is 0. The quantitative estimate of drug-likeness (QED) is 0.642. The molecule has 0 spiro atoms. The number of hydrogen-bond donors (Lipinski definition) is 1. The second-order valence-electron chi connectivity index (χ2n) is 3.40. The van der Waals surface area contributed by atoms with Crippen molar-refractivity contribution in [3.8, 4) is 0 Å². The average Bonchev–Trinajstić information content (AvgIpc) is 2.01. The molecule has 66 valence electrons. The first-order chi connectivity index (χ1) is 5.72. The Labute approximate surface area is 70.9 Å². The fourth-order valence-electron chi connectivity index (χ4n) is 1.56. The molecule has 0 unspecified atom stereocenters. The van der Waals surface area contributed by atoms with E-state index in [2.05, 4.69) is 0 Å². The molecule has 0 saturated carbocycles. The number of ether oxygens (including phenoxy) is 1. The summed E-state index contributed by atoms with van der Waals surface area (Å²) in [5.41, 5.74) is 5.99. The first kappa shape index (κ1) is 7.95. The minimum Gasteiger partial charge on any atom is -0.377 e. The van der Waals surface area contributed by atoms with Gasteiger partial charge in [-0.1, -0.05) is 6.08 Å². The van der Waals surface area contributed by atoms with Crippen molar-refractivity contribution in [2.45, 2.75) is 18.4 Å². The SMILES string of the molecule is NC1(C2=CCCC=C2F)COC1. The molecule has 3 heteroatoms. The third-order valence-electron chi connectivity index (χ3n) is 2.35. The van der Waals surface area contributed by atoms with E-state index < -0.39 is 5.54 Å². The molecule has 1 saturated heterocycles. The third kappa shape index (κ3) is 1.09. The van der Waals surface area contributed by atoms with Crippen LogP contribution in [0.1, 0.15) is 12.8 Å². The van der Waals surface area contributed by atoms with Crippen LogP contribution in [0.3, 0.4) is 0 Å². The average molecular weight is 169 g/mol. The fourth-order valence-corrected chi connectivity index (χ4v) is 1.56. The van der Waals surface area contributed by atoms with Crippen molar-refractivity contribution in [2.75, 3.05) is 13.2 Å². The van der Waals surface area contributed by atoms with Gasteiger partial charge >= 0.3 is 0 Å². The first-order valence-electron chi connectivity index (χ1n) is 4.16. The van der Waals surface area contributed by atoms with Crippen LogP contribution in [0.4, 0.5) is 4.39 Å². The zero-order chi connectivity index (χ0) is 8.60. The number of hydrogen-bond acceptors (Lipinski definition) is 2. The molecule has 1 fully saturated rings. The number of halogens is 1. The molecule has 0 aromatic carbocycles. The Morgan fingerprint density at radius 3 is 2.50 bits per heavy atom. The van der Waals surface area contributed by atoms with E-state index in [1.807, 2.05) is 6.08 Å². The molecule has 0 aromatic rings. The van der Waals surface area contributed by atoms with E-state index >= 15 is 0 Å². The largest absolute Gasteiger partial charge is 0.377 e. The van der Waals surface area contributed by atoms with E-state index in [1.165, 1.54) is 0 Å². The molecular weight excluding hydrogens is 157 g/mol. The summed E-state index contributed by atoms with van der Waals surface area (Å²) < 4.78 is 18.2. The molecule has 0 aromatic heterocycles. The minimum atomic E-state index is -0.541. The van der Waals surface area contributed by atoms with Crippen LogP contribution in [0.2, 0.25) is 0 Å². The summed E-state index contributed by atoms with van der Waals surface area (Å²) in [6.07, 6.45) is 5.16. The van der Waals surface area contributed by atoms with E-state index in [0.717, 1.165) is 12.8 Å². The topological polar surface area (TPSA) is 35.2 Å². The maximum atomic E-state index is 13.2. The van der Waals surface area contributed by atoms with Gasteiger partial charge in [0.15, 0.2) is 0 Å². The standard InChI is InChI=1S/C9H12FNO/c10-8-4-2-1-3-7(8)9(11)5-12-6-9/h3-4H,1-2,5-6,11H2. The van der Waals surface area contributed by atoms with Gasteiger partial charge in [-0.3, -0.25) is 0 Å². The molecule has 0 atom stereocenters. The van der Waals surface area contributed by atoms with Crippen LogP contribution in [-0.4, -0.2) is 18.8 Å². The molecule has 2 rings (SSSR count). The van der Waals surface area contributed by atoms with Gasteiger partial charge in [-0.25, -0.2) is 4.39 Å². The molecule has 1 aliphatic heterocycles. The van der Waals surface area contributed by atoms with Crippen LogP contribution in [0, 0.1) is 0 Å². The van der Waals surface area contributed by atoms with Crippen LogP contribution in [0.15, 0.2) is 23.6 Å². The second kappa shape index (κ2) is 2.68. The molecule has 0 radical (unpaired) electrons. The maximum Gasteiger partial charge on any atom is 0.124 e. The van der Waals surface area contributed by atoms with E-state index in [0.29, 0.717) is 18.8 Å². The van der Waals surface area contributed by atoms with Crippen molar-refractivity contribution in [3.63, 3.8) is 0 Å². The minimum absolute atomic E-state index is 0.160. The van der Waals surface area contributed by atoms with Gasteiger partial charge in [-0.15, -0.1) is 0 Å². The summed E-state index contributed by atoms with van der Waals surface area (Å²) in [6, 6.07) is 0. The Hall–Kier alpha value is -0.670. The number of nitrogens with two attached hydrogens (primary N) is 1. The maximum absolute atomic E-state index is 13.2. The normalized spacial score (nSPS) is 27.2. The van der Waals surface area contributed by atoms with E-state index in [1.54, 1.807) is 6.08 Å². The van der Waals surface area contributed by atoms with E-state index in [-0.39, 0.29) is 5.83 Å². The van der Waals surface area contributed by atoms with Gasteiger partial charge in [-0.2, -0.15) is 0 Å². The Balaban J connectivity index is 2.22. The van der Waals surface area contributed by atoms with Crippen molar-refractivity contribution in [1.29, 1.82) is 0 Å². The fraction of sp³-hybridized carbons (Fsp3) is 0.556. The van der Waals surface area contributed by atoms with Crippen molar-refractivity contribution < 1.29 is 9.13 Å². The highest BCUT2D eigenvalue weighted by Gasteiger charge is 2.40. The zero-order valence-corrected chi connectivity index (χ0v) is 6.85. The third-order valence-corrected chi connectivity index (χ3v) is 2.35. The molecule has 0 amide bonds. The summed E-state index contributed by atoms with van der Waals surface area (Å²) in [6.45, 7) is 0.889. The second-order valence-corrected chi connectivity index (χ2v) is 3.40. The van der Waals surface area contributed by atoms with Crippen LogP contribution < -0.4 is 5.73 Å². The summed E-state index contributed by atoms with van der Waals surface area (Å²) in [5.74, 6) is -0.160. The Bertz CT molecular complexity index is 253. The number of allylic oxidation sites excluding steroid dienone is 2. The molecule has 2 nitrogen and oxygen atoms in total. The summed E-state index contributed by atoms with van der Waals surface area (Å²) in [5, 5.41) is 0. The highest BCUT2D eigenvalue weighted by molar-refractivity contribution is 5.39. The van der Waals surface area contributed by atoms with Gasteiger partial charge in [0.1, 0.15) is 5.83 Å². The predicted octanol–water partition coefficient (Wildman–Crippen LogP) is 1.29. The van der Waals surface area contributed by atoms with Crippen LogP contribution in [0.25, 0.3) is 0 Å². The Morgan fingerprint density at radius 2 is 2.00 bits per heavy atom. The molecule has 12 heavy (non-hydrogen) atoms. The molecule has 2 aliphatic rings. The van der Waals surface area contributed by atoms with Crippen molar-refractivity contribution >= 4 is 0 Å². The molecule has 1 heterocycles. The molecule has 2 N–H and O–H groups in total. The number of rotatable bonds is 1. The van der Waals surface area contributed by atoms with Gasteiger partial charge in [0.05, 0.1) is 18.8 Å².